The highest BCUT2D eigenvalue weighted by atomic mass is 79.9. The van der Waals surface area contributed by atoms with Crippen molar-refractivity contribution in [2.75, 3.05) is 13.1 Å². The molecule has 1 fully saturated rings. The number of carboxylic acids is 1. The Hall–Kier alpha value is -1.43. The van der Waals surface area contributed by atoms with Crippen molar-refractivity contribution in [2.45, 2.75) is 18.0 Å². The number of carbonyl (C=O) groups excluding carboxylic acids is 1. The van der Waals surface area contributed by atoms with Crippen LogP contribution in [0.25, 0.3) is 0 Å². The number of benzene rings is 1. The van der Waals surface area contributed by atoms with E-state index in [1.54, 1.807) is 18.2 Å². The summed E-state index contributed by atoms with van der Waals surface area (Å²) in [6, 6.07) is 5.11. The van der Waals surface area contributed by atoms with Gasteiger partial charge in [0.15, 0.2) is 0 Å². The van der Waals surface area contributed by atoms with Crippen molar-refractivity contribution < 1.29 is 19.1 Å². The first-order valence-corrected chi connectivity index (χ1v) is 6.68. The fraction of sp³-hybridized carbons (Fsp3) is 0.385. The summed E-state index contributed by atoms with van der Waals surface area (Å²) < 4.78 is 14.6. The molecule has 0 aromatic heterocycles. The van der Waals surface area contributed by atoms with E-state index in [4.69, 9.17) is 5.11 Å². The lowest BCUT2D eigenvalue weighted by Gasteiger charge is -2.33. The normalized spacial score (nSPS) is 28.4. The molecule has 1 aliphatic carbocycles. The first-order valence-electron chi connectivity index (χ1n) is 5.89. The molecule has 2 atom stereocenters. The van der Waals surface area contributed by atoms with Gasteiger partial charge in [-0.2, -0.15) is 0 Å². The van der Waals surface area contributed by atoms with Gasteiger partial charge in [0.2, 0.25) is 0 Å². The molecule has 0 radical (unpaired) electrons. The molecule has 100 valence electrons. The summed E-state index contributed by atoms with van der Waals surface area (Å²) in [5.74, 6) is -1.42. The van der Waals surface area contributed by atoms with E-state index in [0.717, 1.165) is 4.47 Å². The Morgan fingerprint density at radius 2 is 2.26 bits per heavy atom. The molecular formula is C13H11BrFNO3. The molecule has 1 aliphatic heterocycles. The minimum atomic E-state index is -1.08. The Bertz CT molecular complexity index is 591. The Balaban J connectivity index is 2.07. The van der Waals surface area contributed by atoms with Crippen LogP contribution in [0.4, 0.5) is 4.39 Å². The van der Waals surface area contributed by atoms with Crippen molar-refractivity contribution in [1.29, 1.82) is 0 Å². The molecule has 1 saturated carbocycles. The monoisotopic (exact) mass is 327 g/mol. The van der Waals surface area contributed by atoms with Crippen molar-refractivity contribution in [3.05, 3.63) is 33.8 Å². The van der Waals surface area contributed by atoms with Crippen LogP contribution >= 0.6 is 15.9 Å². The Kier molecular flexibility index (Phi) is 2.67. The number of halogens is 2. The lowest BCUT2D eigenvalue weighted by molar-refractivity contribution is -0.137. The average Bonchev–Trinajstić information content (AvgIpc) is 2.97. The zero-order chi connectivity index (χ0) is 13.8. The van der Waals surface area contributed by atoms with Gasteiger partial charge in [-0.3, -0.25) is 9.59 Å². The lowest BCUT2D eigenvalue weighted by Crippen LogP contribution is -2.46. The van der Waals surface area contributed by atoms with E-state index in [1.807, 2.05) is 0 Å². The summed E-state index contributed by atoms with van der Waals surface area (Å²) in [5.41, 5.74) is 0.402. The van der Waals surface area contributed by atoms with Crippen LogP contribution in [0, 0.1) is 0 Å². The molecule has 3 rings (SSSR count). The van der Waals surface area contributed by atoms with E-state index in [-0.39, 0.29) is 19.0 Å². The Morgan fingerprint density at radius 3 is 2.84 bits per heavy atom. The SMILES string of the molecule is O=C(O)CN1C[C@]2(C[C@H]2F)c2cc(Br)ccc2C1=O. The average molecular weight is 328 g/mol. The fourth-order valence-corrected chi connectivity index (χ4v) is 3.14. The van der Waals surface area contributed by atoms with Gasteiger partial charge < -0.3 is 10.0 Å². The van der Waals surface area contributed by atoms with Gasteiger partial charge in [0.05, 0.1) is 0 Å². The first kappa shape index (κ1) is 12.6. The van der Waals surface area contributed by atoms with Gasteiger partial charge in [-0.15, -0.1) is 0 Å². The third kappa shape index (κ3) is 1.85. The maximum Gasteiger partial charge on any atom is 0.323 e. The largest absolute Gasteiger partial charge is 0.480 e. The third-order valence-corrected chi connectivity index (χ3v) is 4.31. The maximum atomic E-state index is 13.8. The molecule has 19 heavy (non-hydrogen) atoms. The smallest absolute Gasteiger partial charge is 0.323 e. The molecule has 1 spiro atoms. The van der Waals surface area contributed by atoms with E-state index in [0.29, 0.717) is 17.5 Å². The van der Waals surface area contributed by atoms with Gasteiger partial charge >= 0.3 is 5.97 Å². The van der Waals surface area contributed by atoms with E-state index in [1.165, 1.54) is 4.90 Å². The molecule has 1 aromatic rings. The van der Waals surface area contributed by atoms with Crippen LogP contribution < -0.4 is 0 Å². The number of alkyl halides is 1. The number of rotatable bonds is 2. The topological polar surface area (TPSA) is 57.6 Å². The van der Waals surface area contributed by atoms with Crippen LogP contribution in [0.3, 0.4) is 0 Å². The molecule has 0 saturated heterocycles. The predicted molar refractivity (Wildman–Crippen MR) is 68.9 cm³/mol. The van der Waals surface area contributed by atoms with Crippen molar-refractivity contribution in [3.63, 3.8) is 0 Å². The zero-order valence-corrected chi connectivity index (χ0v) is 11.5. The molecule has 4 nitrogen and oxygen atoms in total. The number of carbonyl (C=O) groups is 2. The molecule has 6 heteroatoms. The quantitative estimate of drug-likeness (QED) is 0.903. The number of fused-ring (bicyclic) bond motifs is 2. The van der Waals surface area contributed by atoms with Gasteiger partial charge in [0, 0.05) is 22.0 Å². The summed E-state index contributed by atoms with van der Waals surface area (Å²) in [6.45, 7) is -0.244. The maximum absolute atomic E-state index is 13.8. The number of hydrogen-bond donors (Lipinski definition) is 1. The van der Waals surface area contributed by atoms with Crippen LogP contribution in [0.5, 0.6) is 0 Å². The molecule has 0 bridgehead atoms. The van der Waals surface area contributed by atoms with E-state index in [2.05, 4.69) is 15.9 Å². The van der Waals surface area contributed by atoms with Crippen LogP contribution in [0.1, 0.15) is 22.3 Å². The lowest BCUT2D eigenvalue weighted by atomic mass is 9.86. The number of aliphatic carboxylic acids is 1. The van der Waals surface area contributed by atoms with Crippen molar-refractivity contribution in [1.82, 2.24) is 4.90 Å². The molecule has 1 amide bonds. The second-order valence-electron chi connectivity index (χ2n) is 5.07. The molecule has 1 N–H and O–H groups in total. The van der Waals surface area contributed by atoms with Crippen LogP contribution in [0.2, 0.25) is 0 Å². The second-order valence-corrected chi connectivity index (χ2v) is 5.99. The number of amides is 1. The van der Waals surface area contributed by atoms with Crippen molar-refractivity contribution >= 4 is 27.8 Å². The zero-order valence-electron chi connectivity index (χ0n) is 9.90. The number of carboxylic acid groups (broad SMARTS) is 1. The minimum Gasteiger partial charge on any atom is -0.480 e. The van der Waals surface area contributed by atoms with Gasteiger partial charge in [-0.25, -0.2) is 4.39 Å². The van der Waals surface area contributed by atoms with Gasteiger partial charge in [0.25, 0.3) is 5.91 Å². The van der Waals surface area contributed by atoms with Gasteiger partial charge in [0.1, 0.15) is 12.7 Å². The summed E-state index contributed by atoms with van der Waals surface area (Å²) in [7, 11) is 0. The third-order valence-electron chi connectivity index (χ3n) is 3.82. The second kappa shape index (κ2) is 4.03. The van der Waals surface area contributed by atoms with E-state index in [9.17, 15) is 14.0 Å². The molecule has 0 unspecified atom stereocenters. The van der Waals surface area contributed by atoms with E-state index < -0.39 is 17.6 Å². The van der Waals surface area contributed by atoms with Gasteiger partial charge in [-0.1, -0.05) is 15.9 Å². The molecule has 2 aliphatic rings. The standard InChI is InChI=1S/C13H11BrFNO3/c14-7-1-2-8-9(3-7)13(4-10(13)15)6-16(12(8)19)5-11(17)18/h1-3,10H,4-6H2,(H,17,18)/t10-,13-/m1/s1. The Labute approximate surface area is 117 Å². The van der Waals surface area contributed by atoms with Crippen molar-refractivity contribution in [3.8, 4) is 0 Å². The fourth-order valence-electron chi connectivity index (χ4n) is 2.78. The highest BCUT2D eigenvalue weighted by Crippen LogP contribution is 2.54. The Morgan fingerprint density at radius 1 is 1.58 bits per heavy atom. The summed E-state index contributed by atoms with van der Waals surface area (Å²) >= 11 is 3.32. The van der Waals surface area contributed by atoms with Crippen LogP contribution in [-0.4, -0.2) is 41.1 Å². The molecule has 1 heterocycles. The van der Waals surface area contributed by atoms with E-state index >= 15 is 0 Å². The summed E-state index contributed by atoms with van der Waals surface area (Å²) in [5, 5.41) is 8.84. The number of hydrogen-bond acceptors (Lipinski definition) is 2. The van der Waals surface area contributed by atoms with Crippen molar-refractivity contribution in [2.24, 2.45) is 0 Å². The highest BCUT2D eigenvalue weighted by molar-refractivity contribution is 9.10. The first-order chi connectivity index (χ1) is 8.94. The highest BCUT2D eigenvalue weighted by Gasteiger charge is 2.61. The minimum absolute atomic E-state index is 0.142. The van der Waals surface area contributed by atoms with Gasteiger partial charge in [-0.05, 0) is 30.2 Å². The van der Waals surface area contributed by atoms with Crippen LogP contribution in [-0.2, 0) is 10.2 Å². The summed E-state index contributed by atoms with van der Waals surface area (Å²) in [4.78, 5) is 24.2. The summed E-state index contributed by atoms with van der Waals surface area (Å²) in [6.07, 6.45) is -0.662. The number of nitrogens with zero attached hydrogens (tertiary/aromatic N) is 1. The van der Waals surface area contributed by atoms with Crippen LogP contribution in [0.15, 0.2) is 22.7 Å². The molecular weight excluding hydrogens is 317 g/mol. The molecule has 1 aromatic carbocycles. The predicted octanol–water partition coefficient (Wildman–Crippen LogP) is 1.97.